The summed E-state index contributed by atoms with van der Waals surface area (Å²) in [6.07, 6.45) is 7.14. The van der Waals surface area contributed by atoms with Gasteiger partial charge in [-0.1, -0.05) is 55.1 Å². The van der Waals surface area contributed by atoms with E-state index < -0.39 is 0 Å². The van der Waals surface area contributed by atoms with Gasteiger partial charge in [-0.3, -0.25) is 14.5 Å². The van der Waals surface area contributed by atoms with Crippen molar-refractivity contribution in [3.05, 3.63) is 64.9 Å². The maximum absolute atomic E-state index is 13.1. The predicted molar refractivity (Wildman–Crippen MR) is 114 cm³/mol. The van der Waals surface area contributed by atoms with Crippen LogP contribution in [0, 0.1) is 0 Å². The third-order valence-electron chi connectivity index (χ3n) is 5.25. The molecule has 0 atom stereocenters. The minimum Gasteiger partial charge on any atom is -0.449 e. The number of rotatable bonds is 4. The molecule has 0 aromatic heterocycles. The lowest BCUT2D eigenvalue weighted by molar-refractivity contribution is -0.124. The molecular formula is C23H23ClN2O3. The van der Waals surface area contributed by atoms with Crippen LogP contribution in [0.5, 0.6) is 5.75 Å². The number of nitrogens with zero attached hydrogens (tertiary/aromatic N) is 1. The van der Waals surface area contributed by atoms with E-state index in [9.17, 15) is 9.59 Å². The fourth-order valence-corrected chi connectivity index (χ4v) is 4.03. The molecule has 1 fully saturated rings. The fourth-order valence-electron chi connectivity index (χ4n) is 3.83. The van der Waals surface area contributed by atoms with Gasteiger partial charge in [-0.25, -0.2) is 0 Å². The summed E-state index contributed by atoms with van der Waals surface area (Å²) in [6.45, 7) is -0.0391. The van der Waals surface area contributed by atoms with E-state index in [4.69, 9.17) is 16.3 Å². The van der Waals surface area contributed by atoms with Gasteiger partial charge in [-0.05, 0) is 48.7 Å². The third kappa shape index (κ3) is 4.62. The molecule has 2 aliphatic rings. The standard InChI is InChI=1S/C23H23ClN2O3/c24-17-8-6-7-16(13-17)14-21-23(28)26(19-11-4-5-12-20(19)29-21)15-22(27)25-18-9-2-1-3-10-18/h4-8,11-14,18H,1-3,9-10,15H2,(H,25,27). The maximum Gasteiger partial charge on any atom is 0.294 e. The molecule has 0 unspecified atom stereocenters. The topological polar surface area (TPSA) is 58.6 Å². The Morgan fingerprint density at radius 2 is 1.93 bits per heavy atom. The van der Waals surface area contributed by atoms with Crippen molar-refractivity contribution in [2.24, 2.45) is 0 Å². The van der Waals surface area contributed by atoms with Crippen molar-refractivity contribution in [2.75, 3.05) is 11.4 Å². The zero-order valence-electron chi connectivity index (χ0n) is 16.1. The quantitative estimate of drug-likeness (QED) is 0.752. The van der Waals surface area contributed by atoms with E-state index in [1.807, 2.05) is 24.3 Å². The van der Waals surface area contributed by atoms with Crippen molar-refractivity contribution in [1.82, 2.24) is 5.32 Å². The second kappa shape index (κ2) is 8.70. The van der Waals surface area contributed by atoms with Gasteiger partial charge in [0.25, 0.3) is 5.91 Å². The number of hydrogen-bond acceptors (Lipinski definition) is 3. The van der Waals surface area contributed by atoms with Crippen LogP contribution in [0.15, 0.2) is 54.3 Å². The number of hydrogen-bond donors (Lipinski definition) is 1. The van der Waals surface area contributed by atoms with Gasteiger partial charge in [0, 0.05) is 11.1 Å². The highest BCUT2D eigenvalue weighted by Gasteiger charge is 2.32. The van der Waals surface area contributed by atoms with Crippen molar-refractivity contribution >= 4 is 35.2 Å². The molecule has 1 aliphatic carbocycles. The molecule has 6 heteroatoms. The number of para-hydroxylation sites is 2. The largest absolute Gasteiger partial charge is 0.449 e. The van der Waals surface area contributed by atoms with Gasteiger partial charge in [0.05, 0.1) is 5.69 Å². The predicted octanol–water partition coefficient (Wildman–Crippen LogP) is 4.56. The lowest BCUT2D eigenvalue weighted by atomic mass is 9.95. The molecule has 0 saturated heterocycles. The molecule has 0 radical (unpaired) electrons. The lowest BCUT2D eigenvalue weighted by Gasteiger charge is -2.31. The number of carbonyl (C=O) groups is 2. The molecule has 29 heavy (non-hydrogen) atoms. The Labute approximate surface area is 175 Å². The summed E-state index contributed by atoms with van der Waals surface area (Å²) in [5, 5.41) is 3.65. The Bertz CT molecular complexity index is 951. The zero-order chi connectivity index (χ0) is 20.2. The number of benzene rings is 2. The Morgan fingerprint density at radius 3 is 2.72 bits per heavy atom. The number of ether oxygens (including phenoxy) is 1. The molecule has 2 aromatic carbocycles. The highest BCUT2D eigenvalue weighted by Crippen LogP contribution is 2.35. The first-order valence-corrected chi connectivity index (χ1v) is 10.3. The Hall–Kier alpha value is -2.79. The Balaban J connectivity index is 1.58. The second-order valence-electron chi connectivity index (χ2n) is 7.43. The first kappa shape index (κ1) is 19.5. The smallest absolute Gasteiger partial charge is 0.294 e. The number of anilines is 1. The van der Waals surface area contributed by atoms with Crippen LogP contribution in [0.2, 0.25) is 5.02 Å². The molecule has 5 nitrogen and oxygen atoms in total. The molecule has 150 valence electrons. The van der Waals surface area contributed by atoms with E-state index in [0.717, 1.165) is 31.2 Å². The van der Waals surface area contributed by atoms with Gasteiger partial charge in [0.15, 0.2) is 11.5 Å². The number of carbonyl (C=O) groups excluding carboxylic acids is 2. The van der Waals surface area contributed by atoms with E-state index in [-0.39, 0.29) is 30.2 Å². The first-order chi connectivity index (χ1) is 14.1. The number of amides is 2. The van der Waals surface area contributed by atoms with Gasteiger partial charge >= 0.3 is 0 Å². The van der Waals surface area contributed by atoms with Gasteiger partial charge in [-0.2, -0.15) is 0 Å². The summed E-state index contributed by atoms with van der Waals surface area (Å²) in [5.41, 5.74) is 1.35. The monoisotopic (exact) mass is 410 g/mol. The van der Waals surface area contributed by atoms with Crippen molar-refractivity contribution in [1.29, 1.82) is 0 Å². The van der Waals surface area contributed by atoms with Gasteiger partial charge in [0.2, 0.25) is 5.91 Å². The van der Waals surface area contributed by atoms with Crippen molar-refractivity contribution in [2.45, 2.75) is 38.1 Å². The summed E-state index contributed by atoms with van der Waals surface area (Å²) in [7, 11) is 0. The van der Waals surface area contributed by atoms with Crippen LogP contribution >= 0.6 is 11.6 Å². The molecular weight excluding hydrogens is 388 g/mol. The molecule has 0 bridgehead atoms. The minimum absolute atomic E-state index is 0.0391. The van der Waals surface area contributed by atoms with Crippen LogP contribution in [-0.2, 0) is 9.59 Å². The fraction of sp³-hybridized carbons (Fsp3) is 0.304. The zero-order valence-corrected chi connectivity index (χ0v) is 16.8. The molecule has 1 saturated carbocycles. The summed E-state index contributed by atoms with van der Waals surface area (Å²) in [5.74, 6) is 0.216. The van der Waals surface area contributed by atoms with Crippen LogP contribution in [0.3, 0.4) is 0 Å². The average molecular weight is 411 g/mol. The van der Waals surface area contributed by atoms with Crippen LogP contribution < -0.4 is 15.0 Å². The summed E-state index contributed by atoms with van der Waals surface area (Å²) >= 11 is 6.05. The van der Waals surface area contributed by atoms with E-state index in [1.165, 1.54) is 11.3 Å². The van der Waals surface area contributed by atoms with Crippen molar-refractivity contribution < 1.29 is 14.3 Å². The van der Waals surface area contributed by atoms with Crippen molar-refractivity contribution in [3.8, 4) is 5.75 Å². The summed E-state index contributed by atoms with van der Waals surface area (Å²) in [4.78, 5) is 27.3. The maximum atomic E-state index is 13.1. The number of fused-ring (bicyclic) bond motifs is 1. The first-order valence-electron chi connectivity index (χ1n) is 9.95. The lowest BCUT2D eigenvalue weighted by Crippen LogP contribution is -2.47. The average Bonchev–Trinajstić information content (AvgIpc) is 2.72. The molecule has 1 aliphatic heterocycles. The Kier molecular flexibility index (Phi) is 5.86. The molecule has 4 rings (SSSR count). The molecule has 1 heterocycles. The summed E-state index contributed by atoms with van der Waals surface area (Å²) < 4.78 is 5.84. The molecule has 1 N–H and O–H groups in total. The van der Waals surface area contributed by atoms with E-state index >= 15 is 0 Å². The molecule has 2 aromatic rings. The number of halogens is 1. The van der Waals surface area contributed by atoms with E-state index in [0.29, 0.717) is 16.5 Å². The highest BCUT2D eigenvalue weighted by atomic mass is 35.5. The molecule has 0 spiro atoms. The van der Waals surface area contributed by atoms with Crippen LogP contribution in [-0.4, -0.2) is 24.4 Å². The normalized spacial score (nSPS) is 18.3. The third-order valence-corrected chi connectivity index (χ3v) is 5.49. The minimum atomic E-state index is -0.345. The van der Waals surface area contributed by atoms with Gasteiger partial charge < -0.3 is 10.1 Å². The SMILES string of the molecule is O=C(CN1C(=O)C(=Cc2cccc(Cl)c2)Oc2ccccc21)NC1CCCCC1. The van der Waals surface area contributed by atoms with Gasteiger partial charge in [-0.15, -0.1) is 0 Å². The second-order valence-corrected chi connectivity index (χ2v) is 7.86. The summed E-state index contributed by atoms with van der Waals surface area (Å²) in [6, 6.07) is 14.6. The number of nitrogens with one attached hydrogen (secondary N) is 1. The van der Waals surface area contributed by atoms with Crippen LogP contribution in [0.25, 0.3) is 6.08 Å². The van der Waals surface area contributed by atoms with Crippen LogP contribution in [0.1, 0.15) is 37.7 Å². The van der Waals surface area contributed by atoms with Crippen molar-refractivity contribution in [3.63, 3.8) is 0 Å². The van der Waals surface area contributed by atoms with E-state index in [1.54, 1.807) is 30.3 Å². The molecule has 2 amide bonds. The van der Waals surface area contributed by atoms with Crippen LogP contribution in [0.4, 0.5) is 5.69 Å². The highest BCUT2D eigenvalue weighted by molar-refractivity contribution is 6.30. The van der Waals surface area contributed by atoms with Gasteiger partial charge in [0.1, 0.15) is 6.54 Å². The Morgan fingerprint density at radius 1 is 1.14 bits per heavy atom. The van der Waals surface area contributed by atoms with E-state index in [2.05, 4.69) is 5.32 Å².